The summed E-state index contributed by atoms with van der Waals surface area (Å²) in [6, 6.07) is 25.6. The van der Waals surface area contributed by atoms with Crippen LogP contribution in [0, 0.1) is 0 Å². The summed E-state index contributed by atoms with van der Waals surface area (Å²) in [5.74, 6) is 2.10. The van der Waals surface area contributed by atoms with E-state index in [2.05, 4.69) is 78.9 Å². The van der Waals surface area contributed by atoms with Crippen LogP contribution in [0.5, 0.6) is 0 Å². The number of fused-ring (bicyclic) bond motifs is 1. The van der Waals surface area contributed by atoms with E-state index in [9.17, 15) is 0 Å². The number of benzene rings is 3. The van der Waals surface area contributed by atoms with E-state index in [0.29, 0.717) is 0 Å². The molecule has 0 saturated heterocycles. The van der Waals surface area contributed by atoms with Gasteiger partial charge in [-0.05, 0) is 21.9 Å². The predicted octanol–water partition coefficient (Wildman–Crippen LogP) is 5.79. The van der Waals surface area contributed by atoms with E-state index in [-0.39, 0.29) is 0 Å². The maximum Gasteiger partial charge on any atom is 0.0193 e. The van der Waals surface area contributed by atoms with Crippen LogP contribution in [-0.4, -0.2) is 5.75 Å². The van der Waals surface area contributed by atoms with Crippen molar-refractivity contribution in [3.05, 3.63) is 90.0 Å². The fourth-order valence-electron chi connectivity index (χ4n) is 2.40. The van der Waals surface area contributed by atoms with Crippen molar-refractivity contribution in [1.29, 1.82) is 0 Å². The molecule has 0 amide bonds. The van der Waals surface area contributed by atoms with Crippen molar-refractivity contribution >= 4 is 28.6 Å². The lowest BCUT2D eigenvalue weighted by atomic mass is 10.1. The van der Waals surface area contributed by atoms with Crippen molar-refractivity contribution in [2.45, 2.75) is 5.75 Å². The summed E-state index contributed by atoms with van der Waals surface area (Å²) in [5.41, 5.74) is 2.69. The number of rotatable bonds is 5. The molecule has 0 N–H and O–H groups in total. The van der Waals surface area contributed by atoms with Crippen LogP contribution in [0.15, 0.2) is 78.9 Å². The molecule has 0 saturated carbocycles. The van der Waals surface area contributed by atoms with Gasteiger partial charge in [0.1, 0.15) is 0 Å². The topological polar surface area (TPSA) is 0 Å². The second-order valence-corrected chi connectivity index (χ2v) is 6.00. The SMILES string of the molecule is C(=C\c1ccccc1)/CSCc1cccc2ccccc12. The molecule has 0 fully saturated rings. The van der Waals surface area contributed by atoms with Crippen LogP contribution < -0.4 is 0 Å². The van der Waals surface area contributed by atoms with Crippen LogP contribution in [0.3, 0.4) is 0 Å². The van der Waals surface area contributed by atoms with Gasteiger partial charge in [-0.3, -0.25) is 0 Å². The van der Waals surface area contributed by atoms with Crippen LogP contribution in [0.2, 0.25) is 0 Å². The predicted molar refractivity (Wildman–Crippen MR) is 95.6 cm³/mol. The third-order valence-electron chi connectivity index (χ3n) is 3.46. The first kappa shape index (κ1) is 14.0. The van der Waals surface area contributed by atoms with Crippen LogP contribution in [0.1, 0.15) is 11.1 Å². The molecule has 0 heterocycles. The molecule has 0 atom stereocenters. The van der Waals surface area contributed by atoms with Gasteiger partial charge in [-0.25, -0.2) is 0 Å². The third kappa shape index (κ3) is 3.77. The van der Waals surface area contributed by atoms with E-state index in [1.807, 2.05) is 17.8 Å². The molecule has 104 valence electrons. The monoisotopic (exact) mass is 290 g/mol. The summed E-state index contributed by atoms with van der Waals surface area (Å²) in [6.07, 6.45) is 4.43. The van der Waals surface area contributed by atoms with Gasteiger partial charge < -0.3 is 0 Å². The van der Waals surface area contributed by atoms with Crippen molar-refractivity contribution in [2.75, 3.05) is 5.75 Å². The van der Waals surface area contributed by atoms with Gasteiger partial charge in [0, 0.05) is 11.5 Å². The fraction of sp³-hybridized carbons (Fsp3) is 0.100. The summed E-state index contributed by atoms with van der Waals surface area (Å²) in [4.78, 5) is 0. The molecule has 0 nitrogen and oxygen atoms in total. The Kier molecular flexibility index (Phi) is 4.75. The van der Waals surface area contributed by atoms with E-state index < -0.39 is 0 Å². The van der Waals surface area contributed by atoms with Gasteiger partial charge in [-0.15, -0.1) is 0 Å². The molecule has 0 spiro atoms. The second kappa shape index (κ2) is 7.14. The molecule has 0 bridgehead atoms. The largest absolute Gasteiger partial charge is 0.153 e. The fourth-order valence-corrected chi connectivity index (χ4v) is 3.23. The molecule has 21 heavy (non-hydrogen) atoms. The Labute approximate surface area is 130 Å². The summed E-state index contributed by atoms with van der Waals surface area (Å²) >= 11 is 1.95. The first-order valence-electron chi connectivity index (χ1n) is 7.19. The first-order chi connectivity index (χ1) is 10.4. The van der Waals surface area contributed by atoms with Gasteiger partial charge >= 0.3 is 0 Å². The molecule has 3 aromatic rings. The van der Waals surface area contributed by atoms with Crippen molar-refractivity contribution < 1.29 is 0 Å². The molecule has 0 aliphatic heterocycles. The minimum Gasteiger partial charge on any atom is -0.153 e. The lowest BCUT2D eigenvalue weighted by Gasteiger charge is -2.05. The van der Waals surface area contributed by atoms with Gasteiger partial charge in [0.15, 0.2) is 0 Å². The molecular weight excluding hydrogens is 272 g/mol. The zero-order valence-electron chi connectivity index (χ0n) is 11.9. The van der Waals surface area contributed by atoms with E-state index >= 15 is 0 Å². The van der Waals surface area contributed by atoms with Crippen LogP contribution in [0.25, 0.3) is 16.8 Å². The highest BCUT2D eigenvalue weighted by molar-refractivity contribution is 7.98. The maximum absolute atomic E-state index is 2.24. The van der Waals surface area contributed by atoms with E-state index in [1.165, 1.54) is 21.9 Å². The smallest absolute Gasteiger partial charge is 0.0193 e. The molecule has 0 radical (unpaired) electrons. The normalized spacial score (nSPS) is 11.2. The van der Waals surface area contributed by atoms with Crippen molar-refractivity contribution in [2.24, 2.45) is 0 Å². The Morgan fingerprint density at radius 1 is 0.762 bits per heavy atom. The zero-order valence-corrected chi connectivity index (χ0v) is 12.7. The van der Waals surface area contributed by atoms with Crippen molar-refractivity contribution in [1.82, 2.24) is 0 Å². The van der Waals surface area contributed by atoms with Gasteiger partial charge in [-0.2, -0.15) is 11.8 Å². The summed E-state index contributed by atoms with van der Waals surface area (Å²) in [5, 5.41) is 2.70. The molecular formula is C20H18S. The van der Waals surface area contributed by atoms with E-state index in [4.69, 9.17) is 0 Å². The average molecular weight is 290 g/mol. The highest BCUT2D eigenvalue weighted by atomic mass is 32.2. The molecule has 0 unspecified atom stereocenters. The van der Waals surface area contributed by atoms with Gasteiger partial charge in [-0.1, -0.05) is 84.9 Å². The van der Waals surface area contributed by atoms with Crippen molar-refractivity contribution in [3.8, 4) is 0 Å². The van der Waals surface area contributed by atoms with Crippen LogP contribution >= 0.6 is 11.8 Å². The Morgan fingerprint density at radius 2 is 1.52 bits per heavy atom. The van der Waals surface area contributed by atoms with Crippen LogP contribution in [-0.2, 0) is 5.75 Å². The van der Waals surface area contributed by atoms with Gasteiger partial charge in [0.25, 0.3) is 0 Å². The molecule has 0 aliphatic carbocycles. The number of thioether (sulfide) groups is 1. The molecule has 1 heteroatoms. The Morgan fingerprint density at radius 3 is 2.43 bits per heavy atom. The third-order valence-corrected chi connectivity index (χ3v) is 4.40. The van der Waals surface area contributed by atoms with Crippen molar-refractivity contribution in [3.63, 3.8) is 0 Å². The summed E-state index contributed by atoms with van der Waals surface area (Å²) in [7, 11) is 0. The van der Waals surface area contributed by atoms with E-state index in [1.54, 1.807) is 0 Å². The standard InChI is InChI=1S/C20H18S/c1-2-8-17(9-3-1)10-7-15-21-16-19-13-6-12-18-11-4-5-14-20(18)19/h1-14H,15-16H2/b10-7+. The number of hydrogen-bond donors (Lipinski definition) is 0. The molecule has 0 aromatic heterocycles. The number of hydrogen-bond acceptors (Lipinski definition) is 1. The molecule has 3 aromatic carbocycles. The van der Waals surface area contributed by atoms with Gasteiger partial charge in [0.05, 0.1) is 0 Å². The lowest BCUT2D eigenvalue weighted by Crippen LogP contribution is -1.84. The maximum atomic E-state index is 2.24. The zero-order chi connectivity index (χ0) is 14.3. The highest BCUT2D eigenvalue weighted by Crippen LogP contribution is 2.22. The Hall–Kier alpha value is -1.99. The first-order valence-corrected chi connectivity index (χ1v) is 8.35. The van der Waals surface area contributed by atoms with Crippen LogP contribution in [0.4, 0.5) is 0 Å². The second-order valence-electron chi connectivity index (χ2n) is 4.97. The lowest BCUT2D eigenvalue weighted by molar-refractivity contribution is 1.46. The summed E-state index contributed by atoms with van der Waals surface area (Å²) < 4.78 is 0. The minimum atomic E-state index is 1.04. The van der Waals surface area contributed by atoms with E-state index in [0.717, 1.165) is 11.5 Å². The average Bonchev–Trinajstić information content (AvgIpc) is 2.56. The Balaban J connectivity index is 1.59. The Bertz CT molecular complexity index is 724. The molecule has 0 aliphatic rings. The summed E-state index contributed by atoms with van der Waals surface area (Å²) in [6.45, 7) is 0. The quantitative estimate of drug-likeness (QED) is 0.536. The minimum absolute atomic E-state index is 1.04. The van der Waals surface area contributed by atoms with Gasteiger partial charge in [0.2, 0.25) is 0 Å². The highest BCUT2D eigenvalue weighted by Gasteiger charge is 1.99. The molecule has 3 rings (SSSR count).